The number of benzene rings is 1. The van der Waals surface area contributed by atoms with Crippen molar-refractivity contribution in [1.29, 1.82) is 0 Å². The summed E-state index contributed by atoms with van der Waals surface area (Å²) >= 11 is 0. The Bertz CT molecular complexity index is 844. The molecule has 2 fully saturated rings. The van der Waals surface area contributed by atoms with Gasteiger partial charge in [-0.1, -0.05) is 17.3 Å². The highest BCUT2D eigenvalue weighted by atomic mass is 19.1. The van der Waals surface area contributed by atoms with Gasteiger partial charge in [-0.3, -0.25) is 9.69 Å². The maximum absolute atomic E-state index is 14.2. The van der Waals surface area contributed by atoms with Gasteiger partial charge in [0.25, 0.3) is 5.91 Å². The third-order valence-electron chi connectivity index (χ3n) is 5.69. The minimum atomic E-state index is -0.223. The van der Waals surface area contributed by atoms with Gasteiger partial charge in [0.05, 0.1) is 12.1 Å². The summed E-state index contributed by atoms with van der Waals surface area (Å²) in [5.74, 6) is 0.787. The zero-order valence-corrected chi connectivity index (χ0v) is 16.0. The van der Waals surface area contributed by atoms with E-state index < -0.39 is 0 Å². The van der Waals surface area contributed by atoms with E-state index in [1.54, 1.807) is 25.1 Å². The highest BCUT2D eigenvalue weighted by molar-refractivity contribution is 5.92. The number of nitrogens with zero attached hydrogens (tertiary/aromatic N) is 2. The van der Waals surface area contributed by atoms with E-state index in [9.17, 15) is 9.18 Å². The van der Waals surface area contributed by atoms with E-state index in [1.807, 2.05) is 6.07 Å². The van der Waals surface area contributed by atoms with Crippen LogP contribution >= 0.6 is 0 Å². The van der Waals surface area contributed by atoms with E-state index in [-0.39, 0.29) is 23.8 Å². The third kappa shape index (κ3) is 3.63. The smallest absolute Gasteiger partial charge is 0.273 e. The van der Waals surface area contributed by atoms with Crippen molar-refractivity contribution in [1.82, 2.24) is 15.4 Å². The fourth-order valence-corrected chi connectivity index (χ4v) is 3.96. The summed E-state index contributed by atoms with van der Waals surface area (Å²) < 4.78 is 19.5. The molecular weight excluding hydrogens is 345 g/mol. The van der Waals surface area contributed by atoms with Gasteiger partial charge >= 0.3 is 0 Å². The minimum Gasteiger partial charge on any atom is -0.360 e. The lowest BCUT2D eigenvalue weighted by molar-refractivity contribution is 0.0910. The fraction of sp³-hybridized carbons (Fsp3) is 0.524. The first kappa shape index (κ1) is 18.2. The maximum atomic E-state index is 14.2. The second kappa shape index (κ2) is 7.08. The topological polar surface area (TPSA) is 58.4 Å². The Balaban J connectivity index is 1.55. The van der Waals surface area contributed by atoms with Crippen LogP contribution in [-0.2, 0) is 0 Å². The Labute approximate surface area is 158 Å². The number of rotatable bonds is 5. The Morgan fingerprint density at radius 3 is 2.74 bits per heavy atom. The van der Waals surface area contributed by atoms with Gasteiger partial charge in [-0.2, -0.15) is 0 Å². The van der Waals surface area contributed by atoms with Crippen molar-refractivity contribution >= 4 is 5.91 Å². The van der Waals surface area contributed by atoms with Gasteiger partial charge in [-0.15, -0.1) is 0 Å². The number of hydrogen-bond acceptors (Lipinski definition) is 4. The van der Waals surface area contributed by atoms with Crippen molar-refractivity contribution in [3.63, 3.8) is 0 Å². The Kier molecular flexibility index (Phi) is 4.76. The molecule has 1 aromatic heterocycles. The van der Waals surface area contributed by atoms with E-state index in [4.69, 9.17) is 4.52 Å². The molecule has 2 heterocycles. The zero-order chi connectivity index (χ0) is 19.1. The van der Waals surface area contributed by atoms with Crippen LogP contribution in [0.4, 0.5) is 4.39 Å². The van der Waals surface area contributed by atoms with E-state index in [2.05, 4.69) is 29.2 Å². The van der Waals surface area contributed by atoms with Crippen molar-refractivity contribution in [2.75, 3.05) is 6.54 Å². The minimum absolute atomic E-state index is 0.0566. The van der Waals surface area contributed by atoms with E-state index in [0.717, 1.165) is 37.1 Å². The van der Waals surface area contributed by atoms with Crippen LogP contribution in [-0.4, -0.2) is 34.6 Å². The molecule has 0 bridgehead atoms. The van der Waals surface area contributed by atoms with Crippen LogP contribution in [0.15, 0.2) is 28.8 Å². The molecule has 1 N–H and O–H groups in total. The highest BCUT2D eigenvalue weighted by Crippen LogP contribution is 2.40. The van der Waals surface area contributed by atoms with Crippen LogP contribution in [0.1, 0.15) is 72.4 Å². The predicted molar refractivity (Wildman–Crippen MR) is 100 cm³/mol. The van der Waals surface area contributed by atoms with Crippen LogP contribution in [0, 0.1) is 12.7 Å². The molecule has 1 aliphatic heterocycles. The van der Waals surface area contributed by atoms with E-state index in [1.165, 1.54) is 0 Å². The lowest BCUT2D eigenvalue weighted by atomic mass is 9.98. The Morgan fingerprint density at radius 1 is 1.30 bits per heavy atom. The molecule has 2 aliphatic rings. The number of likely N-dealkylation sites (tertiary alicyclic amines) is 1. The molecule has 2 unspecified atom stereocenters. The van der Waals surface area contributed by atoms with Gasteiger partial charge in [-0.05, 0) is 57.2 Å². The molecule has 144 valence electrons. The van der Waals surface area contributed by atoms with Crippen LogP contribution in [0.3, 0.4) is 0 Å². The first-order valence-corrected chi connectivity index (χ1v) is 9.73. The van der Waals surface area contributed by atoms with Gasteiger partial charge < -0.3 is 9.84 Å². The number of carbonyl (C=O) groups excluding carboxylic acids is 1. The van der Waals surface area contributed by atoms with Crippen LogP contribution in [0.5, 0.6) is 0 Å². The van der Waals surface area contributed by atoms with Crippen molar-refractivity contribution in [3.05, 3.63) is 52.7 Å². The monoisotopic (exact) mass is 371 g/mol. The van der Waals surface area contributed by atoms with Crippen molar-refractivity contribution in [2.24, 2.45) is 0 Å². The van der Waals surface area contributed by atoms with Gasteiger partial charge in [0, 0.05) is 24.6 Å². The quantitative estimate of drug-likeness (QED) is 0.864. The lowest BCUT2D eigenvalue weighted by Gasteiger charge is -2.32. The normalized spacial score (nSPS) is 23.1. The number of aryl methyl sites for hydroxylation is 1. The summed E-state index contributed by atoms with van der Waals surface area (Å²) in [7, 11) is 0. The molecule has 1 aliphatic carbocycles. The molecule has 0 radical (unpaired) electrons. The lowest BCUT2D eigenvalue weighted by Crippen LogP contribution is -2.41. The maximum Gasteiger partial charge on any atom is 0.273 e. The number of halogens is 1. The summed E-state index contributed by atoms with van der Waals surface area (Å²) in [4.78, 5) is 15.0. The van der Waals surface area contributed by atoms with E-state index >= 15 is 0 Å². The highest BCUT2D eigenvalue weighted by Gasteiger charge is 2.38. The summed E-state index contributed by atoms with van der Waals surface area (Å²) in [5.41, 5.74) is 1.85. The van der Waals surface area contributed by atoms with Gasteiger partial charge in [-0.25, -0.2) is 4.39 Å². The second-order valence-electron chi connectivity index (χ2n) is 8.04. The summed E-state index contributed by atoms with van der Waals surface area (Å²) in [5, 5.41) is 7.05. The molecular formula is C21H26FN3O2. The molecule has 1 aromatic carbocycles. The molecule has 0 spiro atoms. The average molecular weight is 371 g/mol. The van der Waals surface area contributed by atoms with Gasteiger partial charge in [0.15, 0.2) is 5.69 Å². The molecule has 1 amide bonds. The molecule has 27 heavy (non-hydrogen) atoms. The zero-order valence-electron chi connectivity index (χ0n) is 16.0. The van der Waals surface area contributed by atoms with Crippen molar-refractivity contribution in [3.8, 4) is 0 Å². The summed E-state index contributed by atoms with van der Waals surface area (Å²) in [6.07, 6.45) is 3.02. The van der Waals surface area contributed by atoms with Crippen molar-refractivity contribution < 1.29 is 13.7 Å². The number of nitrogens with one attached hydrogen (secondary N) is 1. The second-order valence-corrected chi connectivity index (χ2v) is 8.04. The Hall–Kier alpha value is -2.21. The van der Waals surface area contributed by atoms with Gasteiger partial charge in [0.1, 0.15) is 11.6 Å². The molecule has 1 saturated carbocycles. The molecule has 2 atom stereocenters. The number of amides is 1. The van der Waals surface area contributed by atoms with Crippen LogP contribution in [0.2, 0.25) is 0 Å². The predicted octanol–water partition coefficient (Wildman–Crippen LogP) is 3.95. The van der Waals surface area contributed by atoms with E-state index in [0.29, 0.717) is 23.2 Å². The number of hydrogen-bond donors (Lipinski definition) is 1. The van der Waals surface area contributed by atoms with Crippen LogP contribution in [0.25, 0.3) is 0 Å². The summed E-state index contributed by atoms with van der Waals surface area (Å²) in [6.45, 7) is 6.87. The fourth-order valence-electron chi connectivity index (χ4n) is 3.96. The standard InChI is InChI=1S/C21H26FN3O2/c1-12(2)25-9-8-17(20(25)15-5-4-13(3)16(22)10-15)23-21(26)18-11-19(27-24-18)14-6-7-14/h4-5,10-12,14,17,20H,6-9H2,1-3H3,(H,23,26). The molecule has 6 heteroatoms. The molecule has 1 saturated heterocycles. The molecule has 2 aromatic rings. The first-order chi connectivity index (χ1) is 12.9. The van der Waals surface area contributed by atoms with Crippen molar-refractivity contribution in [2.45, 2.75) is 64.1 Å². The molecule has 4 rings (SSSR count). The Morgan fingerprint density at radius 2 is 2.07 bits per heavy atom. The average Bonchev–Trinajstić information content (AvgIpc) is 3.20. The number of aromatic nitrogens is 1. The van der Waals surface area contributed by atoms with Crippen LogP contribution < -0.4 is 5.32 Å². The first-order valence-electron chi connectivity index (χ1n) is 9.73. The number of carbonyl (C=O) groups is 1. The van der Waals surface area contributed by atoms with Gasteiger partial charge in [0.2, 0.25) is 0 Å². The third-order valence-corrected chi connectivity index (χ3v) is 5.69. The summed E-state index contributed by atoms with van der Waals surface area (Å²) in [6, 6.07) is 7.27. The molecule has 5 nitrogen and oxygen atoms in total. The largest absolute Gasteiger partial charge is 0.360 e. The SMILES string of the molecule is Cc1ccc(C2C(NC(=O)c3cc(C4CC4)on3)CCN2C(C)C)cc1F.